The molecule has 0 saturated carbocycles. The van der Waals surface area contributed by atoms with Gasteiger partial charge in [-0.2, -0.15) is 13.2 Å². The van der Waals surface area contributed by atoms with E-state index in [1.165, 1.54) is 36.7 Å². The second-order valence-electron chi connectivity index (χ2n) is 6.16. The third-order valence-corrected chi connectivity index (χ3v) is 4.20. The first-order valence-corrected chi connectivity index (χ1v) is 8.37. The molecule has 2 aromatic carbocycles. The first-order chi connectivity index (χ1) is 13.8. The first kappa shape index (κ1) is 18.5. The van der Waals surface area contributed by atoms with Crippen LogP contribution in [-0.2, 0) is 6.18 Å². The number of furan rings is 1. The molecule has 2 heterocycles. The highest BCUT2D eigenvalue weighted by atomic mass is 19.4. The summed E-state index contributed by atoms with van der Waals surface area (Å²) in [5, 5.41) is 2.89. The molecule has 0 fully saturated rings. The summed E-state index contributed by atoms with van der Waals surface area (Å²) in [7, 11) is 0. The van der Waals surface area contributed by atoms with Gasteiger partial charge < -0.3 is 14.7 Å². The number of halogens is 3. The standard InChI is InChI=1S/C20H12F3N3O3/c21-20(22,23)12-3-1-2-11(8-12)16-6-7-17(29-16)19(28)26-13-4-5-15-14(9-13)18(27)25-10-24-15/h1-10H,(H,26,28)(H,24,25,27). The SMILES string of the molecule is O=C(Nc1ccc2nc[nH]c(=O)c2c1)c1ccc(-c2cccc(C(F)(F)F)c2)o1. The lowest BCUT2D eigenvalue weighted by atomic mass is 10.1. The third-order valence-electron chi connectivity index (χ3n) is 4.20. The van der Waals surface area contributed by atoms with Gasteiger partial charge in [-0.25, -0.2) is 4.98 Å². The number of hydrogen-bond donors (Lipinski definition) is 2. The Morgan fingerprint density at radius 3 is 2.69 bits per heavy atom. The van der Waals surface area contributed by atoms with Crippen LogP contribution in [0.4, 0.5) is 18.9 Å². The molecule has 0 unspecified atom stereocenters. The molecule has 0 aliphatic heterocycles. The minimum atomic E-state index is -4.48. The molecular weight excluding hydrogens is 387 g/mol. The Morgan fingerprint density at radius 1 is 1.07 bits per heavy atom. The number of aromatic nitrogens is 2. The number of benzene rings is 2. The Labute approximate surface area is 161 Å². The maximum absolute atomic E-state index is 12.9. The molecule has 6 nitrogen and oxygen atoms in total. The zero-order chi connectivity index (χ0) is 20.6. The number of nitrogens with zero attached hydrogens (tertiary/aromatic N) is 1. The molecule has 1 amide bonds. The van der Waals surface area contributed by atoms with E-state index in [9.17, 15) is 22.8 Å². The lowest BCUT2D eigenvalue weighted by molar-refractivity contribution is -0.137. The fourth-order valence-corrected chi connectivity index (χ4v) is 2.80. The van der Waals surface area contributed by atoms with Crippen molar-refractivity contribution in [3.05, 3.63) is 82.6 Å². The van der Waals surface area contributed by atoms with Crippen LogP contribution >= 0.6 is 0 Å². The monoisotopic (exact) mass is 399 g/mol. The van der Waals surface area contributed by atoms with E-state index >= 15 is 0 Å². The summed E-state index contributed by atoms with van der Waals surface area (Å²) in [5.41, 5.74) is -0.153. The van der Waals surface area contributed by atoms with Crippen molar-refractivity contribution in [1.29, 1.82) is 0 Å². The van der Waals surface area contributed by atoms with Crippen molar-refractivity contribution in [1.82, 2.24) is 9.97 Å². The average molecular weight is 399 g/mol. The highest BCUT2D eigenvalue weighted by molar-refractivity contribution is 6.03. The van der Waals surface area contributed by atoms with Crippen molar-refractivity contribution in [3.8, 4) is 11.3 Å². The molecule has 9 heteroatoms. The van der Waals surface area contributed by atoms with Gasteiger partial charge in [-0.1, -0.05) is 12.1 Å². The number of nitrogens with one attached hydrogen (secondary N) is 2. The zero-order valence-electron chi connectivity index (χ0n) is 14.6. The topological polar surface area (TPSA) is 88.0 Å². The summed E-state index contributed by atoms with van der Waals surface area (Å²) in [5.74, 6) is -0.569. The third kappa shape index (κ3) is 3.75. The minimum absolute atomic E-state index is 0.0856. The van der Waals surface area contributed by atoms with Crippen molar-refractivity contribution < 1.29 is 22.4 Å². The van der Waals surface area contributed by atoms with Gasteiger partial charge in [0.25, 0.3) is 11.5 Å². The van der Waals surface area contributed by atoms with Crippen molar-refractivity contribution in [2.45, 2.75) is 6.18 Å². The van der Waals surface area contributed by atoms with Crippen LogP contribution < -0.4 is 10.9 Å². The van der Waals surface area contributed by atoms with Gasteiger partial charge in [0.2, 0.25) is 0 Å². The number of carbonyl (C=O) groups excluding carboxylic acids is 1. The Balaban J connectivity index is 1.58. The molecule has 0 bridgehead atoms. The number of amides is 1. The fourth-order valence-electron chi connectivity index (χ4n) is 2.80. The summed E-state index contributed by atoms with van der Waals surface area (Å²) in [6, 6.07) is 12.0. The van der Waals surface area contributed by atoms with Gasteiger partial charge in [0.05, 0.1) is 22.8 Å². The smallest absolute Gasteiger partial charge is 0.416 e. The number of alkyl halides is 3. The molecule has 0 saturated heterocycles. The summed E-state index contributed by atoms with van der Waals surface area (Å²) in [6.07, 6.45) is -3.20. The first-order valence-electron chi connectivity index (χ1n) is 8.37. The lowest BCUT2D eigenvalue weighted by Crippen LogP contribution is -2.12. The van der Waals surface area contributed by atoms with E-state index in [1.807, 2.05) is 0 Å². The van der Waals surface area contributed by atoms with Crippen molar-refractivity contribution in [3.63, 3.8) is 0 Å². The van der Waals surface area contributed by atoms with Crippen molar-refractivity contribution in [2.75, 3.05) is 5.32 Å². The van der Waals surface area contributed by atoms with Gasteiger partial charge in [0.15, 0.2) is 5.76 Å². The van der Waals surface area contributed by atoms with E-state index in [0.29, 0.717) is 16.6 Å². The van der Waals surface area contributed by atoms with Crippen LogP contribution in [0.5, 0.6) is 0 Å². The zero-order valence-corrected chi connectivity index (χ0v) is 14.6. The van der Waals surface area contributed by atoms with E-state index in [1.54, 1.807) is 12.1 Å². The van der Waals surface area contributed by atoms with Crippen molar-refractivity contribution in [2.24, 2.45) is 0 Å². The molecule has 0 aliphatic rings. The average Bonchev–Trinajstić information content (AvgIpc) is 3.19. The van der Waals surface area contributed by atoms with Crippen molar-refractivity contribution >= 4 is 22.5 Å². The number of rotatable bonds is 3. The maximum atomic E-state index is 12.9. The van der Waals surface area contributed by atoms with Crippen LogP contribution in [-0.4, -0.2) is 15.9 Å². The van der Waals surface area contributed by atoms with Gasteiger partial charge in [-0.3, -0.25) is 9.59 Å². The summed E-state index contributed by atoms with van der Waals surface area (Å²) in [6.45, 7) is 0. The quantitative estimate of drug-likeness (QED) is 0.533. The minimum Gasteiger partial charge on any atom is -0.451 e. The van der Waals surface area contributed by atoms with Gasteiger partial charge >= 0.3 is 6.18 Å². The summed E-state index contributed by atoms with van der Waals surface area (Å²) in [4.78, 5) is 30.7. The van der Waals surface area contributed by atoms with Gasteiger partial charge in [0, 0.05) is 11.3 Å². The Morgan fingerprint density at radius 2 is 1.90 bits per heavy atom. The molecule has 2 N–H and O–H groups in total. The number of fused-ring (bicyclic) bond motifs is 1. The van der Waals surface area contributed by atoms with E-state index in [2.05, 4.69) is 15.3 Å². The van der Waals surface area contributed by atoms with E-state index < -0.39 is 17.6 Å². The summed E-state index contributed by atoms with van der Waals surface area (Å²) < 4.78 is 44.0. The maximum Gasteiger partial charge on any atom is 0.416 e. The lowest BCUT2D eigenvalue weighted by Gasteiger charge is -2.07. The number of hydrogen-bond acceptors (Lipinski definition) is 4. The summed E-state index contributed by atoms with van der Waals surface area (Å²) >= 11 is 0. The van der Waals surface area contributed by atoms with Crippen LogP contribution in [0.25, 0.3) is 22.2 Å². The number of H-pyrrole nitrogens is 1. The molecule has 4 rings (SSSR count). The van der Waals surface area contributed by atoms with Crippen LogP contribution in [0.3, 0.4) is 0 Å². The largest absolute Gasteiger partial charge is 0.451 e. The van der Waals surface area contributed by atoms with E-state index in [4.69, 9.17) is 4.42 Å². The van der Waals surface area contributed by atoms with Crippen LogP contribution in [0.1, 0.15) is 16.1 Å². The molecule has 29 heavy (non-hydrogen) atoms. The Hall–Kier alpha value is -3.88. The second-order valence-corrected chi connectivity index (χ2v) is 6.16. The van der Waals surface area contributed by atoms with Gasteiger partial charge in [0.1, 0.15) is 5.76 Å². The van der Waals surface area contributed by atoms with E-state index in [-0.39, 0.29) is 22.6 Å². The molecule has 4 aromatic rings. The second kappa shape index (κ2) is 6.93. The Kier molecular flexibility index (Phi) is 4.42. The van der Waals surface area contributed by atoms with Crippen LogP contribution in [0.2, 0.25) is 0 Å². The van der Waals surface area contributed by atoms with Crippen LogP contribution in [0, 0.1) is 0 Å². The normalized spacial score (nSPS) is 11.6. The van der Waals surface area contributed by atoms with Gasteiger partial charge in [-0.05, 0) is 42.5 Å². The number of carbonyl (C=O) groups is 1. The number of anilines is 1. The number of aromatic amines is 1. The molecule has 0 spiro atoms. The van der Waals surface area contributed by atoms with E-state index in [0.717, 1.165) is 12.1 Å². The predicted octanol–water partition coefficient (Wildman–Crippen LogP) is 4.45. The van der Waals surface area contributed by atoms with Crippen LogP contribution in [0.15, 0.2) is 70.1 Å². The fraction of sp³-hybridized carbons (Fsp3) is 0.0500. The molecule has 146 valence electrons. The molecule has 2 aromatic heterocycles. The molecular formula is C20H12F3N3O3. The highest BCUT2D eigenvalue weighted by Crippen LogP contribution is 2.32. The predicted molar refractivity (Wildman–Crippen MR) is 99.5 cm³/mol. The van der Waals surface area contributed by atoms with Gasteiger partial charge in [-0.15, -0.1) is 0 Å². The molecule has 0 aliphatic carbocycles. The highest BCUT2D eigenvalue weighted by Gasteiger charge is 2.30. The molecule has 0 atom stereocenters. The molecule has 0 radical (unpaired) electrons. The Bertz CT molecular complexity index is 1270.